The lowest BCUT2D eigenvalue weighted by Crippen LogP contribution is -2.37. The highest BCUT2D eigenvalue weighted by atomic mass is 19.1. The smallest absolute Gasteiger partial charge is 0.191 e. The predicted octanol–water partition coefficient (Wildman–Crippen LogP) is 3.91. The molecule has 0 unspecified atom stereocenters. The summed E-state index contributed by atoms with van der Waals surface area (Å²) in [6.07, 6.45) is 4.99. The van der Waals surface area contributed by atoms with E-state index < -0.39 is 0 Å². The Labute approximate surface area is 188 Å². The van der Waals surface area contributed by atoms with Crippen molar-refractivity contribution in [1.82, 2.24) is 15.6 Å². The number of fused-ring (bicyclic) bond motifs is 1. The van der Waals surface area contributed by atoms with E-state index in [9.17, 15) is 4.39 Å². The largest absolute Gasteiger partial charge is 0.381 e. The third-order valence-corrected chi connectivity index (χ3v) is 5.75. The molecule has 0 saturated carbocycles. The lowest BCUT2D eigenvalue weighted by Gasteiger charge is -2.22. The van der Waals surface area contributed by atoms with Crippen LogP contribution >= 0.6 is 0 Å². The fourth-order valence-corrected chi connectivity index (χ4v) is 3.97. The van der Waals surface area contributed by atoms with Crippen LogP contribution in [0.1, 0.15) is 29.5 Å². The lowest BCUT2D eigenvalue weighted by molar-refractivity contribution is -0.0390. The number of aromatic nitrogens is 1. The summed E-state index contributed by atoms with van der Waals surface area (Å²) in [4.78, 5) is 7.45. The van der Waals surface area contributed by atoms with E-state index in [1.165, 1.54) is 23.3 Å². The molecule has 170 valence electrons. The third-order valence-electron chi connectivity index (χ3n) is 5.75. The summed E-state index contributed by atoms with van der Waals surface area (Å²) in [5, 5.41) is 7.77. The molecule has 7 heteroatoms. The van der Waals surface area contributed by atoms with Crippen LogP contribution in [0.4, 0.5) is 4.39 Å². The minimum atomic E-state index is -0.229. The molecular weight excluding hydrogens is 407 g/mol. The van der Waals surface area contributed by atoms with Crippen LogP contribution in [0.3, 0.4) is 0 Å². The molecule has 0 atom stereocenters. The van der Waals surface area contributed by atoms with E-state index in [0.717, 1.165) is 61.4 Å². The van der Waals surface area contributed by atoms with Gasteiger partial charge in [0.05, 0.1) is 12.7 Å². The van der Waals surface area contributed by atoms with Gasteiger partial charge in [-0.2, -0.15) is 0 Å². The Morgan fingerprint density at radius 1 is 1.16 bits per heavy atom. The molecule has 32 heavy (non-hydrogen) atoms. The maximum atomic E-state index is 13.4. The molecule has 0 aliphatic carbocycles. The van der Waals surface area contributed by atoms with Gasteiger partial charge >= 0.3 is 0 Å². The molecule has 0 bridgehead atoms. The average molecular weight is 439 g/mol. The minimum Gasteiger partial charge on any atom is -0.381 e. The molecule has 2 heterocycles. The maximum Gasteiger partial charge on any atom is 0.191 e. The molecule has 0 radical (unpaired) electrons. The average Bonchev–Trinajstić information content (AvgIpc) is 3.22. The molecule has 1 saturated heterocycles. The minimum absolute atomic E-state index is 0.229. The number of ether oxygens (including phenoxy) is 2. The highest BCUT2D eigenvalue weighted by molar-refractivity contribution is 5.83. The topological polar surface area (TPSA) is 70.7 Å². The van der Waals surface area contributed by atoms with Crippen LogP contribution in [-0.2, 0) is 29.0 Å². The zero-order chi connectivity index (χ0) is 22.2. The van der Waals surface area contributed by atoms with Crippen LogP contribution in [0.2, 0.25) is 0 Å². The number of rotatable bonds is 8. The van der Waals surface area contributed by atoms with Gasteiger partial charge in [-0.05, 0) is 54.2 Å². The van der Waals surface area contributed by atoms with Gasteiger partial charge in [-0.25, -0.2) is 4.39 Å². The van der Waals surface area contributed by atoms with Crippen LogP contribution in [0.5, 0.6) is 0 Å². The summed E-state index contributed by atoms with van der Waals surface area (Å²) in [6.45, 7) is 3.61. The molecule has 1 aromatic heterocycles. The fraction of sp³-hybridized carbons (Fsp3) is 0.400. The monoisotopic (exact) mass is 438 g/mol. The van der Waals surface area contributed by atoms with Crippen LogP contribution in [0, 0.1) is 5.82 Å². The summed E-state index contributed by atoms with van der Waals surface area (Å²) in [5.41, 5.74) is 4.33. The van der Waals surface area contributed by atoms with Crippen molar-refractivity contribution < 1.29 is 13.9 Å². The Bertz CT molecular complexity index is 1040. The van der Waals surface area contributed by atoms with Crippen molar-refractivity contribution in [3.63, 3.8) is 0 Å². The summed E-state index contributed by atoms with van der Waals surface area (Å²) in [5.74, 6) is 0.521. The summed E-state index contributed by atoms with van der Waals surface area (Å²) in [6, 6.07) is 13.3. The van der Waals surface area contributed by atoms with Crippen molar-refractivity contribution >= 4 is 16.9 Å². The normalized spacial score (nSPS) is 15.2. The number of aromatic amines is 1. The van der Waals surface area contributed by atoms with Gasteiger partial charge in [0.2, 0.25) is 0 Å². The van der Waals surface area contributed by atoms with Crippen molar-refractivity contribution in [2.24, 2.45) is 4.99 Å². The van der Waals surface area contributed by atoms with Gasteiger partial charge in [-0.15, -0.1) is 0 Å². The summed E-state index contributed by atoms with van der Waals surface area (Å²) in [7, 11) is 1.77. The standard InChI is InChI=1S/C25H31FN4O2/c1-27-25(28-10-7-20-16-29-24-14-21(26)5-6-23(20)24)30-15-18-3-2-4-19(13-18)17-32-22-8-11-31-12-9-22/h2-6,13-14,16,22,29H,7-12,15,17H2,1H3,(H2,27,28,30). The maximum absolute atomic E-state index is 13.4. The first kappa shape index (κ1) is 22.3. The zero-order valence-electron chi connectivity index (χ0n) is 18.5. The number of guanidine groups is 1. The Balaban J connectivity index is 1.23. The van der Waals surface area contributed by atoms with E-state index in [1.54, 1.807) is 7.05 Å². The predicted molar refractivity (Wildman–Crippen MR) is 125 cm³/mol. The zero-order valence-corrected chi connectivity index (χ0v) is 18.5. The molecule has 2 aromatic carbocycles. The molecule has 1 aliphatic rings. The number of aliphatic imine (C=N–C) groups is 1. The molecule has 0 amide bonds. The number of H-pyrrole nitrogens is 1. The highest BCUT2D eigenvalue weighted by Gasteiger charge is 2.14. The van der Waals surface area contributed by atoms with E-state index in [1.807, 2.05) is 12.3 Å². The van der Waals surface area contributed by atoms with Crippen molar-refractivity contribution in [1.29, 1.82) is 0 Å². The van der Waals surface area contributed by atoms with Gasteiger partial charge in [0.1, 0.15) is 5.82 Å². The van der Waals surface area contributed by atoms with E-state index in [0.29, 0.717) is 19.3 Å². The number of nitrogens with one attached hydrogen (secondary N) is 3. The SMILES string of the molecule is CN=C(NCCc1c[nH]c2cc(F)ccc12)NCc1cccc(COC2CCOCC2)c1. The van der Waals surface area contributed by atoms with Crippen molar-refractivity contribution in [2.45, 2.75) is 38.5 Å². The molecule has 0 spiro atoms. The molecule has 6 nitrogen and oxygen atoms in total. The molecular formula is C25H31FN4O2. The number of hydrogen-bond donors (Lipinski definition) is 3. The van der Waals surface area contributed by atoms with Gasteiger partial charge in [0.15, 0.2) is 5.96 Å². The first-order chi connectivity index (χ1) is 15.7. The van der Waals surface area contributed by atoms with Gasteiger partial charge in [-0.1, -0.05) is 24.3 Å². The van der Waals surface area contributed by atoms with E-state index in [2.05, 4.69) is 44.9 Å². The van der Waals surface area contributed by atoms with Crippen LogP contribution in [-0.4, -0.2) is 43.9 Å². The van der Waals surface area contributed by atoms with Crippen LogP contribution in [0.25, 0.3) is 10.9 Å². The molecule has 3 aromatic rings. The van der Waals surface area contributed by atoms with E-state index in [-0.39, 0.29) is 5.82 Å². The number of halogens is 1. The molecule has 1 aliphatic heterocycles. The fourth-order valence-electron chi connectivity index (χ4n) is 3.97. The van der Waals surface area contributed by atoms with Crippen LogP contribution in [0.15, 0.2) is 53.7 Å². The highest BCUT2D eigenvalue weighted by Crippen LogP contribution is 2.19. The van der Waals surface area contributed by atoms with Gasteiger partial charge < -0.3 is 25.1 Å². The molecule has 3 N–H and O–H groups in total. The van der Waals surface area contributed by atoms with Gasteiger partial charge in [-0.3, -0.25) is 4.99 Å². The quantitative estimate of drug-likeness (QED) is 0.368. The number of hydrogen-bond acceptors (Lipinski definition) is 3. The molecule has 4 rings (SSSR count). The second-order valence-electron chi connectivity index (χ2n) is 8.05. The van der Waals surface area contributed by atoms with Crippen molar-refractivity contribution in [2.75, 3.05) is 26.8 Å². The Kier molecular flexibility index (Phi) is 7.74. The lowest BCUT2D eigenvalue weighted by atomic mass is 10.1. The Morgan fingerprint density at radius 3 is 2.84 bits per heavy atom. The second kappa shape index (κ2) is 11.1. The first-order valence-corrected chi connectivity index (χ1v) is 11.2. The van der Waals surface area contributed by atoms with E-state index in [4.69, 9.17) is 9.47 Å². The Hall–Kier alpha value is -2.90. The van der Waals surface area contributed by atoms with E-state index >= 15 is 0 Å². The van der Waals surface area contributed by atoms with Gasteiger partial charge in [0, 0.05) is 50.5 Å². The van der Waals surface area contributed by atoms with Crippen molar-refractivity contribution in [3.8, 4) is 0 Å². The first-order valence-electron chi connectivity index (χ1n) is 11.2. The summed E-state index contributed by atoms with van der Waals surface area (Å²) >= 11 is 0. The summed E-state index contributed by atoms with van der Waals surface area (Å²) < 4.78 is 24.8. The second-order valence-corrected chi connectivity index (χ2v) is 8.05. The van der Waals surface area contributed by atoms with Crippen molar-refractivity contribution in [3.05, 3.63) is 71.2 Å². The Morgan fingerprint density at radius 2 is 2.00 bits per heavy atom. The molecule has 1 fully saturated rings. The third kappa shape index (κ3) is 6.08. The number of nitrogens with zero attached hydrogens (tertiary/aromatic N) is 1. The van der Waals surface area contributed by atoms with Crippen LogP contribution < -0.4 is 10.6 Å². The number of benzene rings is 2. The van der Waals surface area contributed by atoms with Gasteiger partial charge in [0.25, 0.3) is 0 Å².